The van der Waals surface area contributed by atoms with Crippen LogP contribution in [0.4, 0.5) is 10.3 Å². The third-order valence-electron chi connectivity index (χ3n) is 6.40. The normalized spacial score (nSPS) is 19.9. The number of ether oxygens (including phenoxy) is 3. The molecule has 8 heteroatoms. The van der Waals surface area contributed by atoms with Crippen LogP contribution < -0.4 is 5.32 Å². The minimum atomic E-state index is -0.289. The molecule has 0 amide bonds. The number of hydrogen-bond donors (Lipinski definition) is 1. The number of hydrogen-bond acceptors (Lipinski definition) is 7. The summed E-state index contributed by atoms with van der Waals surface area (Å²) in [6, 6.07) is 6.74. The molecule has 1 saturated heterocycles. The Morgan fingerprint density at radius 3 is 2.70 bits per heavy atom. The number of anilines is 1. The Bertz CT molecular complexity index is 1110. The number of benzene rings is 1. The Kier molecular flexibility index (Phi) is 10.2. The van der Waals surface area contributed by atoms with Gasteiger partial charge in [0.2, 0.25) is 5.95 Å². The van der Waals surface area contributed by atoms with Crippen molar-refractivity contribution < 1.29 is 18.6 Å². The fraction of sp³-hybridized carbons (Fsp3) is 0.448. The first kappa shape index (κ1) is 27.0. The molecule has 2 aliphatic heterocycles. The Balaban J connectivity index is 1.52. The van der Waals surface area contributed by atoms with E-state index in [9.17, 15) is 4.39 Å². The predicted molar refractivity (Wildman–Crippen MR) is 143 cm³/mol. The summed E-state index contributed by atoms with van der Waals surface area (Å²) >= 11 is 0. The number of fused-ring (bicyclic) bond motifs is 5. The van der Waals surface area contributed by atoms with Gasteiger partial charge in [-0.3, -0.25) is 4.90 Å². The Labute approximate surface area is 219 Å². The van der Waals surface area contributed by atoms with Crippen LogP contribution in [0.5, 0.6) is 0 Å². The maximum absolute atomic E-state index is 14.3. The lowest BCUT2D eigenvalue weighted by Gasteiger charge is -2.19. The van der Waals surface area contributed by atoms with Crippen LogP contribution >= 0.6 is 0 Å². The average molecular weight is 509 g/mol. The molecule has 1 aromatic heterocycles. The molecule has 3 heterocycles. The molecule has 0 aliphatic carbocycles. The van der Waals surface area contributed by atoms with Crippen LogP contribution in [0.25, 0.3) is 11.3 Å². The summed E-state index contributed by atoms with van der Waals surface area (Å²) in [7, 11) is 0. The van der Waals surface area contributed by atoms with E-state index in [1.807, 2.05) is 19.1 Å². The van der Waals surface area contributed by atoms with Gasteiger partial charge in [0.15, 0.2) is 0 Å². The van der Waals surface area contributed by atoms with Crippen molar-refractivity contribution in [1.82, 2.24) is 14.9 Å². The molecule has 7 nitrogen and oxygen atoms in total. The first-order chi connectivity index (χ1) is 18.1. The van der Waals surface area contributed by atoms with Crippen molar-refractivity contribution in [3.63, 3.8) is 0 Å². The topological polar surface area (TPSA) is 68.7 Å². The van der Waals surface area contributed by atoms with E-state index >= 15 is 0 Å². The van der Waals surface area contributed by atoms with Gasteiger partial charge in [-0.25, -0.2) is 14.4 Å². The van der Waals surface area contributed by atoms with Crippen LogP contribution in [0.15, 0.2) is 66.2 Å². The first-order valence-electron chi connectivity index (χ1n) is 13.1. The van der Waals surface area contributed by atoms with Gasteiger partial charge < -0.3 is 19.5 Å². The summed E-state index contributed by atoms with van der Waals surface area (Å²) in [6.45, 7) is 11.7. The Morgan fingerprint density at radius 2 is 1.92 bits per heavy atom. The van der Waals surface area contributed by atoms with Gasteiger partial charge in [0, 0.05) is 48.4 Å². The minimum Gasteiger partial charge on any atom is -0.492 e. The summed E-state index contributed by atoms with van der Waals surface area (Å²) < 4.78 is 32.2. The fourth-order valence-corrected chi connectivity index (χ4v) is 4.42. The maximum atomic E-state index is 14.3. The summed E-state index contributed by atoms with van der Waals surface area (Å²) in [5, 5.41) is 3.18. The van der Waals surface area contributed by atoms with E-state index in [0.717, 1.165) is 49.4 Å². The summed E-state index contributed by atoms with van der Waals surface area (Å²) in [5.74, 6) is 0.898. The molecule has 0 atom stereocenters. The number of allylic oxidation sites excluding steroid dienone is 2. The molecule has 0 radical (unpaired) electrons. The molecule has 1 N–H and O–H groups in total. The predicted octanol–water partition coefficient (Wildman–Crippen LogP) is 5.48. The highest BCUT2D eigenvalue weighted by Gasteiger charge is 2.14. The monoisotopic (exact) mass is 508 g/mol. The number of aromatic nitrogens is 2. The number of nitrogens with zero attached hydrogens (tertiary/aromatic N) is 3. The Morgan fingerprint density at radius 1 is 1.14 bits per heavy atom. The smallest absolute Gasteiger partial charge is 0.227 e. The molecular weight excluding hydrogens is 471 g/mol. The highest BCUT2D eigenvalue weighted by Crippen LogP contribution is 2.23. The molecule has 2 aliphatic rings. The van der Waals surface area contributed by atoms with Gasteiger partial charge in [0.05, 0.1) is 18.9 Å². The lowest BCUT2D eigenvalue weighted by atomic mass is 10.1. The Hall–Kier alpha value is -3.07. The van der Waals surface area contributed by atoms with E-state index in [2.05, 4.69) is 26.8 Å². The van der Waals surface area contributed by atoms with Gasteiger partial charge in [-0.2, -0.15) is 0 Å². The van der Waals surface area contributed by atoms with Crippen LogP contribution in [0.3, 0.4) is 0 Å². The maximum Gasteiger partial charge on any atom is 0.227 e. The largest absolute Gasteiger partial charge is 0.492 e. The standard InChI is InChI=1S/C29H37FN4O3/c1-3-28(37-17-14-34-12-4-5-13-34)25-18-22(2)32-29-31-11-10-27(33-29)23-8-9-26(30)24(19-23)20-35-15-6-7-16-36-21-25/h3,8-11,18-19H,2,4-7,12-17,20-21H2,1H3,(H,31,32,33)/b25-18-,28-3+. The zero-order chi connectivity index (χ0) is 25.9. The van der Waals surface area contributed by atoms with Gasteiger partial charge in [0.25, 0.3) is 0 Å². The lowest BCUT2D eigenvalue weighted by Crippen LogP contribution is -2.24. The van der Waals surface area contributed by atoms with E-state index in [1.54, 1.807) is 24.4 Å². The zero-order valence-corrected chi connectivity index (χ0v) is 21.7. The average Bonchev–Trinajstić information content (AvgIpc) is 3.42. The van der Waals surface area contributed by atoms with E-state index < -0.39 is 0 Å². The number of nitrogens with one attached hydrogen (secondary N) is 1. The van der Waals surface area contributed by atoms with E-state index in [1.165, 1.54) is 18.9 Å². The molecule has 1 aromatic carbocycles. The van der Waals surface area contributed by atoms with Gasteiger partial charge in [-0.1, -0.05) is 6.58 Å². The second-order valence-electron chi connectivity index (χ2n) is 9.25. The SMILES string of the molecule is C=C1/C=C(\C(=C/C)OCCN2CCCC2)COCCCCOCc2cc(ccc2F)-c2ccnc(n2)N1. The van der Waals surface area contributed by atoms with Crippen LogP contribution in [0.1, 0.15) is 38.2 Å². The highest BCUT2D eigenvalue weighted by atomic mass is 19.1. The van der Waals surface area contributed by atoms with Crippen LogP contribution in [0, 0.1) is 5.82 Å². The third-order valence-corrected chi connectivity index (χ3v) is 6.40. The molecule has 37 heavy (non-hydrogen) atoms. The van der Waals surface area contributed by atoms with Gasteiger partial charge in [-0.15, -0.1) is 0 Å². The molecule has 1 fully saturated rings. The molecular formula is C29H37FN4O3. The molecule has 198 valence electrons. The molecule has 4 rings (SSSR count). The van der Waals surface area contributed by atoms with Crippen LogP contribution in [0.2, 0.25) is 0 Å². The van der Waals surface area contributed by atoms with Gasteiger partial charge >= 0.3 is 0 Å². The van der Waals surface area contributed by atoms with Crippen molar-refractivity contribution >= 4 is 5.95 Å². The highest BCUT2D eigenvalue weighted by molar-refractivity contribution is 5.61. The van der Waals surface area contributed by atoms with Crippen molar-refractivity contribution in [2.45, 2.75) is 39.2 Å². The van der Waals surface area contributed by atoms with E-state index in [-0.39, 0.29) is 12.4 Å². The second-order valence-corrected chi connectivity index (χ2v) is 9.25. The van der Waals surface area contributed by atoms with Crippen molar-refractivity contribution in [2.24, 2.45) is 0 Å². The summed E-state index contributed by atoms with van der Waals surface area (Å²) in [4.78, 5) is 11.4. The van der Waals surface area contributed by atoms with E-state index in [4.69, 9.17) is 14.2 Å². The molecule has 2 aromatic rings. The minimum absolute atomic E-state index is 0.208. The first-order valence-corrected chi connectivity index (χ1v) is 13.1. The summed E-state index contributed by atoms with van der Waals surface area (Å²) in [5.41, 5.74) is 3.50. The van der Waals surface area contributed by atoms with Gasteiger partial charge in [0.1, 0.15) is 18.2 Å². The number of likely N-dealkylation sites (tertiary alicyclic amines) is 1. The van der Waals surface area contributed by atoms with Crippen molar-refractivity contribution in [3.8, 4) is 11.3 Å². The lowest BCUT2D eigenvalue weighted by molar-refractivity contribution is 0.0980. The van der Waals surface area contributed by atoms with Gasteiger partial charge in [-0.05, 0) is 82.1 Å². The molecule has 0 unspecified atom stereocenters. The zero-order valence-electron chi connectivity index (χ0n) is 21.7. The van der Waals surface area contributed by atoms with Crippen molar-refractivity contribution in [3.05, 3.63) is 77.6 Å². The molecule has 0 saturated carbocycles. The van der Waals surface area contributed by atoms with Crippen LogP contribution in [-0.4, -0.2) is 60.9 Å². The third kappa shape index (κ3) is 8.21. The fourth-order valence-electron chi connectivity index (χ4n) is 4.42. The summed E-state index contributed by atoms with van der Waals surface area (Å²) in [6.07, 6.45) is 9.75. The van der Waals surface area contributed by atoms with E-state index in [0.29, 0.717) is 49.3 Å². The second kappa shape index (κ2) is 14.0. The number of halogens is 1. The quantitative estimate of drug-likeness (QED) is 0.537. The van der Waals surface area contributed by atoms with Crippen LogP contribution in [-0.2, 0) is 20.8 Å². The molecule has 4 bridgehead atoms. The van der Waals surface area contributed by atoms with Crippen molar-refractivity contribution in [2.75, 3.05) is 51.4 Å². The number of rotatable bonds is 5. The van der Waals surface area contributed by atoms with Crippen molar-refractivity contribution in [1.29, 1.82) is 0 Å². The molecule has 0 spiro atoms.